The first kappa shape index (κ1) is 25.0. The molecule has 0 unspecified atom stereocenters. The van der Waals surface area contributed by atoms with E-state index in [1.807, 2.05) is 44.4 Å². The quantitative estimate of drug-likeness (QED) is 0.310. The molecule has 0 N–H and O–H groups in total. The molecule has 0 heterocycles. The van der Waals surface area contributed by atoms with E-state index in [-0.39, 0.29) is 0 Å². The molecule has 0 amide bonds. The Bertz CT molecular complexity index is 432. The van der Waals surface area contributed by atoms with Crippen molar-refractivity contribution in [2.24, 2.45) is 0 Å². The Morgan fingerprint density at radius 1 is 0.536 bits per heavy atom. The number of hydrogen-bond acceptors (Lipinski definition) is 7. The van der Waals surface area contributed by atoms with Crippen molar-refractivity contribution < 1.29 is 28.4 Å². The van der Waals surface area contributed by atoms with Crippen LogP contribution >= 0.6 is 0 Å². The summed E-state index contributed by atoms with van der Waals surface area (Å²) in [5, 5.41) is 0. The van der Waals surface area contributed by atoms with Gasteiger partial charge in [-0.1, -0.05) is 30.3 Å². The maximum atomic E-state index is 5.54. The Labute approximate surface area is 169 Å². The molecule has 162 valence electrons. The Balaban J connectivity index is 1.68. The van der Waals surface area contributed by atoms with E-state index < -0.39 is 0 Å². The van der Waals surface area contributed by atoms with Crippen molar-refractivity contribution in [2.75, 3.05) is 93.3 Å². The third-order valence-electron chi connectivity index (χ3n) is 3.65. The molecular formula is C21H37NO6. The Morgan fingerprint density at radius 2 is 0.929 bits per heavy atom. The van der Waals surface area contributed by atoms with Gasteiger partial charge in [-0.25, -0.2) is 0 Å². The summed E-state index contributed by atoms with van der Waals surface area (Å²) >= 11 is 0. The van der Waals surface area contributed by atoms with Crippen LogP contribution in [0.3, 0.4) is 0 Å². The topological polar surface area (TPSA) is 58.6 Å². The summed E-state index contributed by atoms with van der Waals surface area (Å²) in [5.41, 5.74) is 1.17. The van der Waals surface area contributed by atoms with Gasteiger partial charge in [0.05, 0.1) is 79.3 Å². The highest BCUT2D eigenvalue weighted by Crippen LogP contribution is 1.99. The van der Waals surface area contributed by atoms with E-state index >= 15 is 0 Å². The van der Waals surface area contributed by atoms with Crippen LogP contribution in [0.15, 0.2) is 30.3 Å². The Hall–Kier alpha value is -1.06. The van der Waals surface area contributed by atoms with Gasteiger partial charge in [-0.15, -0.1) is 0 Å². The maximum Gasteiger partial charge on any atom is 0.0718 e. The van der Waals surface area contributed by atoms with E-state index in [0.717, 1.165) is 13.2 Å². The second-order valence-electron chi connectivity index (χ2n) is 6.40. The lowest BCUT2D eigenvalue weighted by molar-refractivity contribution is -0.0180. The number of likely N-dealkylation sites (N-methyl/N-ethyl adjacent to an activating group) is 1. The van der Waals surface area contributed by atoms with Gasteiger partial charge in [0.1, 0.15) is 0 Å². The third-order valence-corrected chi connectivity index (χ3v) is 3.65. The summed E-state index contributed by atoms with van der Waals surface area (Å²) in [5.74, 6) is 0. The molecule has 7 heteroatoms. The fraction of sp³-hybridized carbons (Fsp3) is 0.714. The average molecular weight is 400 g/mol. The summed E-state index contributed by atoms with van der Waals surface area (Å²) in [6.45, 7) is 8.02. The minimum absolute atomic E-state index is 0.557. The third kappa shape index (κ3) is 17.1. The van der Waals surface area contributed by atoms with Crippen molar-refractivity contribution >= 4 is 0 Å². The predicted molar refractivity (Wildman–Crippen MR) is 109 cm³/mol. The highest BCUT2D eigenvalue weighted by Gasteiger charge is 1.95. The zero-order valence-corrected chi connectivity index (χ0v) is 17.5. The molecule has 0 saturated heterocycles. The number of rotatable bonds is 20. The standard InChI is InChI=1S/C21H37NO6/c1-22(2)8-9-23-10-11-24-12-13-25-14-15-26-16-17-27-18-19-28-20-21-6-4-3-5-7-21/h3-7H,8-20H2,1-2H3. The molecule has 0 bridgehead atoms. The number of hydrogen-bond donors (Lipinski definition) is 0. The molecule has 0 radical (unpaired) electrons. The summed E-state index contributed by atoms with van der Waals surface area (Å²) < 4.78 is 32.7. The molecule has 28 heavy (non-hydrogen) atoms. The lowest BCUT2D eigenvalue weighted by Crippen LogP contribution is -2.19. The monoisotopic (exact) mass is 399 g/mol. The fourth-order valence-corrected chi connectivity index (χ4v) is 2.11. The molecule has 0 aliphatic carbocycles. The van der Waals surface area contributed by atoms with Crippen LogP contribution in [-0.4, -0.2) is 98.2 Å². The molecule has 0 atom stereocenters. The van der Waals surface area contributed by atoms with Crippen LogP contribution in [0.25, 0.3) is 0 Å². The Kier molecular flexibility index (Phi) is 17.2. The molecule has 0 fully saturated rings. The summed E-state index contributed by atoms with van der Waals surface area (Å²) in [6, 6.07) is 10.1. The number of nitrogens with zero attached hydrogens (tertiary/aromatic N) is 1. The van der Waals surface area contributed by atoms with Crippen LogP contribution in [0, 0.1) is 0 Å². The van der Waals surface area contributed by atoms with Gasteiger partial charge in [0, 0.05) is 6.54 Å². The molecule has 7 nitrogen and oxygen atoms in total. The van der Waals surface area contributed by atoms with E-state index in [1.54, 1.807) is 0 Å². The first-order valence-electron chi connectivity index (χ1n) is 9.94. The Morgan fingerprint density at radius 3 is 1.36 bits per heavy atom. The van der Waals surface area contributed by atoms with E-state index in [0.29, 0.717) is 72.7 Å². The van der Waals surface area contributed by atoms with Gasteiger partial charge in [-0.2, -0.15) is 0 Å². The summed E-state index contributed by atoms with van der Waals surface area (Å²) in [6.07, 6.45) is 0. The molecule has 1 aromatic carbocycles. The van der Waals surface area contributed by atoms with Crippen LogP contribution < -0.4 is 0 Å². The van der Waals surface area contributed by atoms with Gasteiger partial charge < -0.3 is 33.3 Å². The summed E-state index contributed by atoms with van der Waals surface area (Å²) in [4.78, 5) is 2.09. The van der Waals surface area contributed by atoms with Gasteiger partial charge in [0.2, 0.25) is 0 Å². The van der Waals surface area contributed by atoms with Gasteiger partial charge >= 0.3 is 0 Å². The molecule has 0 saturated carbocycles. The zero-order valence-electron chi connectivity index (χ0n) is 17.5. The van der Waals surface area contributed by atoms with Crippen LogP contribution in [0.5, 0.6) is 0 Å². The minimum Gasteiger partial charge on any atom is -0.378 e. The van der Waals surface area contributed by atoms with Crippen molar-refractivity contribution in [1.82, 2.24) is 4.90 Å². The van der Waals surface area contributed by atoms with Crippen LogP contribution in [0.2, 0.25) is 0 Å². The van der Waals surface area contributed by atoms with E-state index in [4.69, 9.17) is 28.4 Å². The normalized spacial score (nSPS) is 11.4. The molecule has 0 aromatic heterocycles. The first-order valence-corrected chi connectivity index (χ1v) is 9.94. The summed E-state index contributed by atoms with van der Waals surface area (Å²) in [7, 11) is 4.05. The number of benzene rings is 1. The van der Waals surface area contributed by atoms with Crippen LogP contribution in [-0.2, 0) is 35.0 Å². The second kappa shape index (κ2) is 19.3. The zero-order chi connectivity index (χ0) is 20.1. The maximum absolute atomic E-state index is 5.54. The van der Waals surface area contributed by atoms with Gasteiger partial charge in [-0.3, -0.25) is 0 Å². The lowest BCUT2D eigenvalue weighted by Gasteiger charge is -2.10. The van der Waals surface area contributed by atoms with Gasteiger partial charge in [0.15, 0.2) is 0 Å². The highest BCUT2D eigenvalue weighted by atomic mass is 16.6. The van der Waals surface area contributed by atoms with Crippen molar-refractivity contribution in [2.45, 2.75) is 6.61 Å². The first-order chi connectivity index (χ1) is 13.8. The van der Waals surface area contributed by atoms with Crippen LogP contribution in [0.1, 0.15) is 5.56 Å². The molecule has 1 rings (SSSR count). The molecular weight excluding hydrogens is 362 g/mol. The van der Waals surface area contributed by atoms with Crippen molar-refractivity contribution in [3.63, 3.8) is 0 Å². The molecule has 1 aromatic rings. The fourth-order valence-electron chi connectivity index (χ4n) is 2.11. The SMILES string of the molecule is CN(C)CCOCCOCCOCCOCCOCCOCc1ccccc1. The molecule has 0 aliphatic heterocycles. The second-order valence-corrected chi connectivity index (χ2v) is 6.40. The number of ether oxygens (including phenoxy) is 6. The smallest absolute Gasteiger partial charge is 0.0718 e. The lowest BCUT2D eigenvalue weighted by atomic mass is 10.2. The largest absolute Gasteiger partial charge is 0.378 e. The van der Waals surface area contributed by atoms with E-state index in [2.05, 4.69) is 4.90 Å². The average Bonchev–Trinajstić information content (AvgIpc) is 2.70. The van der Waals surface area contributed by atoms with Crippen molar-refractivity contribution in [3.8, 4) is 0 Å². The van der Waals surface area contributed by atoms with Gasteiger partial charge in [0.25, 0.3) is 0 Å². The highest BCUT2D eigenvalue weighted by molar-refractivity contribution is 5.13. The van der Waals surface area contributed by atoms with Crippen LogP contribution in [0.4, 0.5) is 0 Å². The minimum atomic E-state index is 0.557. The van der Waals surface area contributed by atoms with Crippen molar-refractivity contribution in [1.29, 1.82) is 0 Å². The van der Waals surface area contributed by atoms with E-state index in [1.165, 1.54) is 5.56 Å². The van der Waals surface area contributed by atoms with Crippen molar-refractivity contribution in [3.05, 3.63) is 35.9 Å². The van der Waals surface area contributed by atoms with E-state index in [9.17, 15) is 0 Å². The molecule has 0 aliphatic rings. The van der Waals surface area contributed by atoms with Gasteiger partial charge in [-0.05, 0) is 19.7 Å². The predicted octanol–water partition coefficient (Wildman–Crippen LogP) is 1.85. The molecule has 0 spiro atoms.